The van der Waals surface area contributed by atoms with Gasteiger partial charge in [-0.1, -0.05) is 18.2 Å². The van der Waals surface area contributed by atoms with Crippen LogP contribution in [0.25, 0.3) is 0 Å². The van der Waals surface area contributed by atoms with Gasteiger partial charge >= 0.3 is 0 Å². The Morgan fingerprint density at radius 3 is 2.60 bits per heavy atom. The van der Waals surface area contributed by atoms with Gasteiger partial charge in [0, 0.05) is 32.3 Å². The highest BCUT2D eigenvalue weighted by molar-refractivity contribution is 5.32. The summed E-state index contributed by atoms with van der Waals surface area (Å²) in [5.41, 5.74) is 4.12. The van der Waals surface area contributed by atoms with Gasteiger partial charge in [-0.3, -0.25) is 4.90 Å². The van der Waals surface area contributed by atoms with E-state index in [1.807, 2.05) is 0 Å². The fourth-order valence-electron chi connectivity index (χ4n) is 2.65. The maximum Gasteiger partial charge on any atom is 0.0589 e. The molecule has 0 spiro atoms. The van der Waals surface area contributed by atoms with Crippen LogP contribution in [-0.2, 0) is 4.74 Å². The number of benzene rings is 1. The van der Waals surface area contributed by atoms with Crippen molar-refractivity contribution in [3.8, 4) is 0 Å². The molecule has 1 saturated carbocycles. The van der Waals surface area contributed by atoms with Crippen molar-refractivity contribution in [1.29, 1.82) is 0 Å². The van der Waals surface area contributed by atoms with Crippen LogP contribution in [-0.4, -0.2) is 44.8 Å². The molecule has 1 aromatic rings. The Hall–Kier alpha value is -0.900. The summed E-state index contributed by atoms with van der Waals surface area (Å²) in [6.07, 6.45) is 2.68. The molecule has 1 aliphatic rings. The third-order valence-electron chi connectivity index (χ3n) is 4.34. The SMILES string of the molecule is CNC(CN(CCOC)C1CC1)c1ccc(C)c(C)c1. The smallest absolute Gasteiger partial charge is 0.0589 e. The Morgan fingerprint density at radius 2 is 2.05 bits per heavy atom. The highest BCUT2D eigenvalue weighted by atomic mass is 16.5. The largest absolute Gasteiger partial charge is 0.383 e. The molecule has 1 atom stereocenters. The van der Waals surface area contributed by atoms with Gasteiger partial charge in [-0.2, -0.15) is 0 Å². The van der Waals surface area contributed by atoms with E-state index in [1.54, 1.807) is 7.11 Å². The van der Waals surface area contributed by atoms with Crippen LogP contribution in [0.3, 0.4) is 0 Å². The molecule has 3 heteroatoms. The van der Waals surface area contributed by atoms with E-state index in [9.17, 15) is 0 Å². The normalized spacial score (nSPS) is 16.6. The lowest BCUT2D eigenvalue weighted by molar-refractivity contribution is 0.136. The average Bonchev–Trinajstić information content (AvgIpc) is 3.27. The molecule has 1 unspecified atom stereocenters. The highest BCUT2D eigenvalue weighted by Gasteiger charge is 2.30. The fraction of sp³-hybridized carbons (Fsp3) is 0.647. The number of hydrogen-bond acceptors (Lipinski definition) is 3. The van der Waals surface area contributed by atoms with Crippen molar-refractivity contribution in [3.63, 3.8) is 0 Å². The van der Waals surface area contributed by atoms with Crippen molar-refractivity contribution in [2.24, 2.45) is 0 Å². The first-order valence-electron chi connectivity index (χ1n) is 7.63. The standard InChI is InChI=1S/C17H28N2O/c1-13-5-6-15(11-14(13)2)17(18-3)12-19(9-10-20-4)16-7-8-16/h5-6,11,16-18H,7-10,12H2,1-4H3. The van der Waals surface area contributed by atoms with E-state index in [2.05, 4.69) is 49.3 Å². The van der Waals surface area contributed by atoms with Crippen LogP contribution in [0.4, 0.5) is 0 Å². The Bertz CT molecular complexity index is 429. The van der Waals surface area contributed by atoms with Crippen LogP contribution in [0.15, 0.2) is 18.2 Å². The van der Waals surface area contributed by atoms with E-state index in [-0.39, 0.29) is 0 Å². The first-order valence-corrected chi connectivity index (χ1v) is 7.63. The number of nitrogens with zero attached hydrogens (tertiary/aromatic N) is 1. The second-order valence-electron chi connectivity index (χ2n) is 5.90. The molecule has 0 amide bonds. The maximum atomic E-state index is 5.24. The number of hydrogen-bond donors (Lipinski definition) is 1. The van der Waals surface area contributed by atoms with Crippen LogP contribution in [0, 0.1) is 13.8 Å². The lowest BCUT2D eigenvalue weighted by atomic mass is 10.0. The van der Waals surface area contributed by atoms with Crippen molar-refractivity contribution in [2.45, 2.75) is 38.8 Å². The molecule has 2 rings (SSSR count). The molecule has 112 valence electrons. The third-order valence-corrected chi connectivity index (χ3v) is 4.34. The van der Waals surface area contributed by atoms with E-state index >= 15 is 0 Å². The van der Waals surface area contributed by atoms with Gasteiger partial charge in [0.2, 0.25) is 0 Å². The third kappa shape index (κ3) is 4.05. The van der Waals surface area contributed by atoms with Gasteiger partial charge in [-0.15, -0.1) is 0 Å². The average molecular weight is 276 g/mol. The van der Waals surface area contributed by atoms with E-state index < -0.39 is 0 Å². The minimum Gasteiger partial charge on any atom is -0.383 e. The van der Waals surface area contributed by atoms with Crippen LogP contribution in [0.1, 0.15) is 35.6 Å². The van der Waals surface area contributed by atoms with Crippen molar-refractivity contribution in [1.82, 2.24) is 10.2 Å². The number of rotatable bonds is 8. The molecule has 0 saturated heterocycles. The molecule has 1 aliphatic carbocycles. The molecule has 1 fully saturated rings. The second-order valence-corrected chi connectivity index (χ2v) is 5.90. The topological polar surface area (TPSA) is 24.5 Å². The molecular formula is C17H28N2O. The molecule has 3 nitrogen and oxygen atoms in total. The zero-order valence-corrected chi connectivity index (χ0v) is 13.3. The van der Waals surface area contributed by atoms with Crippen LogP contribution >= 0.6 is 0 Å². The van der Waals surface area contributed by atoms with Crippen LogP contribution in [0.5, 0.6) is 0 Å². The Balaban J connectivity index is 2.04. The molecule has 0 aromatic heterocycles. The number of nitrogens with one attached hydrogen (secondary N) is 1. The number of ether oxygens (including phenoxy) is 1. The predicted octanol–water partition coefficient (Wildman–Crippen LogP) is 2.67. The summed E-state index contributed by atoms with van der Waals surface area (Å²) in [4.78, 5) is 2.57. The Labute approximate surface area is 123 Å². The second kappa shape index (κ2) is 7.21. The molecule has 0 bridgehead atoms. The first kappa shape index (κ1) is 15.5. The molecule has 0 heterocycles. The number of aryl methyl sites for hydroxylation is 2. The Morgan fingerprint density at radius 1 is 1.30 bits per heavy atom. The van der Waals surface area contributed by atoms with Gasteiger partial charge in [-0.05, 0) is 50.4 Å². The zero-order chi connectivity index (χ0) is 14.5. The van der Waals surface area contributed by atoms with Gasteiger partial charge in [0.25, 0.3) is 0 Å². The fourth-order valence-corrected chi connectivity index (χ4v) is 2.65. The summed E-state index contributed by atoms with van der Waals surface area (Å²) in [5.74, 6) is 0. The predicted molar refractivity (Wildman–Crippen MR) is 84.2 cm³/mol. The zero-order valence-electron chi connectivity index (χ0n) is 13.3. The summed E-state index contributed by atoms with van der Waals surface area (Å²) in [5, 5.41) is 3.47. The molecule has 1 N–H and O–H groups in total. The highest BCUT2D eigenvalue weighted by Crippen LogP contribution is 2.29. The van der Waals surface area contributed by atoms with Crippen molar-refractivity contribution in [2.75, 3.05) is 33.9 Å². The first-order chi connectivity index (χ1) is 9.65. The monoisotopic (exact) mass is 276 g/mol. The molecule has 0 aliphatic heterocycles. The van der Waals surface area contributed by atoms with E-state index in [1.165, 1.54) is 29.5 Å². The molecule has 0 radical (unpaired) electrons. The van der Waals surface area contributed by atoms with Gasteiger partial charge in [0.1, 0.15) is 0 Å². The minimum absolute atomic E-state index is 0.395. The molecule has 20 heavy (non-hydrogen) atoms. The van der Waals surface area contributed by atoms with Gasteiger partial charge in [-0.25, -0.2) is 0 Å². The molecular weight excluding hydrogens is 248 g/mol. The van der Waals surface area contributed by atoms with Crippen molar-refractivity contribution < 1.29 is 4.74 Å². The molecule has 1 aromatic carbocycles. The van der Waals surface area contributed by atoms with Crippen LogP contribution < -0.4 is 5.32 Å². The Kier molecular flexibility index (Phi) is 5.58. The summed E-state index contributed by atoms with van der Waals surface area (Å²) >= 11 is 0. The summed E-state index contributed by atoms with van der Waals surface area (Å²) < 4.78 is 5.24. The lowest BCUT2D eigenvalue weighted by Crippen LogP contribution is -2.37. The van der Waals surface area contributed by atoms with Gasteiger partial charge in [0.15, 0.2) is 0 Å². The van der Waals surface area contributed by atoms with Crippen LogP contribution in [0.2, 0.25) is 0 Å². The van der Waals surface area contributed by atoms with E-state index in [4.69, 9.17) is 4.74 Å². The summed E-state index contributed by atoms with van der Waals surface area (Å²) in [6.45, 7) is 7.27. The number of likely N-dealkylation sites (N-methyl/N-ethyl adjacent to an activating group) is 1. The summed E-state index contributed by atoms with van der Waals surface area (Å²) in [6, 6.07) is 7.97. The maximum absolute atomic E-state index is 5.24. The van der Waals surface area contributed by atoms with Crippen molar-refractivity contribution >= 4 is 0 Å². The van der Waals surface area contributed by atoms with E-state index in [0.29, 0.717) is 6.04 Å². The van der Waals surface area contributed by atoms with E-state index in [0.717, 1.165) is 25.7 Å². The minimum atomic E-state index is 0.395. The van der Waals surface area contributed by atoms with Gasteiger partial charge < -0.3 is 10.1 Å². The summed E-state index contributed by atoms with van der Waals surface area (Å²) in [7, 11) is 3.84. The number of methoxy groups -OCH3 is 1. The van der Waals surface area contributed by atoms with Crippen molar-refractivity contribution in [3.05, 3.63) is 34.9 Å². The van der Waals surface area contributed by atoms with Gasteiger partial charge in [0.05, 0.1) is 6.61 Å². The lowest BCUT2D eigenvalue weighted by Gasteiger charge is -2.27. The quantitative estimate of drug-likeness (QED) is 0.790.